The van der Waals surface area contributed by atoms with Gasteiger partial charge >= 0.3 is 6.18 Å². The van der Waals surface area contributed by atoms with Crippen LogP contribution in [0.1, 0.15) is 18.3 Å². The van der Waals surface area contributed by atoms with Gasteiger partial charge in [0.25, 0.3) is 0 Å². The lowest BCUT2D eigenvalue weighted by atomic mass is 10.2. The number of nitrogens with one attached hydrogen (secondary N) is 1. The van der Waals surface area contributed by atoms with Crippen molar-refractivity contribution in [2.75, 3.05) is 11.1 Å². The topological polar surface area (TPSA) is 94.5 Å². The number of rotatable bonds is 4. The fourth-order valence-corrected chi connectivity index (χ4v) is 2.94. The van der Waals surface area contributed by atoms with Crippen LogP contribution < -0.4 is 11.1 Å². The average molecular weight is 399 g/mol. The van der Waals surface area contributed by atoms with Gasteiger partial charge in [-0.2, -0.15) is 28.1 Å². The molecule has 0 amide bonds. The zero-order valence-electron chi connectivity index (χ0n) is 15.3. The van der Waals surface area contributed by atoms with Gasteiger partial charge in [0, 0.05) is 12.1 Å². The fourth-order valence-electron chi connectivity index (χ4n) is 2.94. The lowest BCUT2D eigenvalue weighted by Gasteiger charge is -2.11. The zero-order chi connectivity index (χ0) is 20.6. The van der Waals surface area contributed by atoms with E-state index in [0.29, 0.717) is 12.1 Å². The minimum Gasteiger partial charge on any atom is -0.368 e. The Morgan fingerprint density at radius 1 is 0.966 bits per heavy atom. The molecular weight excluding hydrogens is 383 g/mol. The molecule has 7 nitrogen and oxygen atoms in total. The zero-order valence-corrected chi connectivity index (χ0v) is 15.3. The predicted octanol–water partition coefficient (Wildman–Crippen LogP) is 4.12. The Kier molecular flexibility index (Phi) is 4.53. The van der Waals surface area contributed by atoms with E-state index in [1.807, 2.05) is 31.2 Å². The first kappa shape index (κ1) is 18.7. The first-order chi connectivity index (χ1) is 13.8. The third-order valence-corrected chi connectivity index (χ3v) is 4.26. The Hall–Kier alpha value is -3.69. The van der Waals surface area contributed by atoms with Gasteiger partial charge in [0.15, 0.2) is 0 Å². The standard InChI is InChI=1S/C19H16F3N7/c1-2-15-25-13-5-3-4-6-14(13)29(15)18-27-16(23)26-17(28-18)24-12-9-7-11(8-10-12)19(20,21)22/h3-10H,2H2,1H3,(H3,23,24,26,27,28). The molecule has 0 aliphatic carbocycles. The highest BCUT2D eigenvalue weighted by Gasteiger charge is 2.30. The summed E-state index contributed by atoms with van der Waals surface area (Å²) in [5, 5.41) is 2.87. The molecule has 4 rings (SSSR count). The molecule has 29 heavy (non-hydrogen) atoms. The van der Waals surface area contributed by atoms with Crippen LogP contribution in [0.4, 0.5) is 30.8 Å². The van der Waals surface area contributed by atoms with Crippen LogP contribution in [0.15, 0.2) is 48.5 Å². The summed E-state index contributed by atoms with van der Waals surface area (Å²) in [5.74, 6) is 1.12. The summed E-state index contributed by atoms with van der Waals surface area (Å²) >= 11 is 0. The monoisotopic (exact) mass is 399 g/mol. The molecule has 2 heterocycles. The Morgan fingerprint density at radius 2 is 1.69 bits per heavy atom. The maximum Gasteiger partial charge on any atom is 0.416 e. The van der Waals surface area contributed by atoms with Gasteiger partial charge < -0.3 is 11.1 Å². The third-order valence-electron chi connectivity index (χ3n) is 4.26. The molecule has 0 spiro atoms. The Bertz CT molecular complexity index is 1170. The molecule has 0 fully saturated rings. The molecule has 0 aliphatic heterocycles. The van der Waals surface area contributed by atoms with Crippen molar-refractivity contribution in [2.45, 2.75) is 19.5 Å². The van der Waals surface area contributed by atoms with Crippen molar-refractivity contribution < 1.29 is 13.2 Å². The maximum atomic E-state index is 12.7. The number of fused-ring (bicyclic) bond motifs is 1. The van der Waals surface area contributed by atoms with Crippen molar-refractivity contribution in [3.63, 3.8) is 0 Å². The van der Waals surface area contributed by atoms with Gasteiger partial charge in [-0.25, -0.2) is 4.98 Å². The number of alkyl halides is 3. The summed E-state index contributed by atoms with van der Waals surface area (Å²) in [6.07, 6.45) is -3.76. The van der Waals surface area contributed by atoms with E-state index >= 15 is 0 Å². The Balaban J connectivity index is 1.72. The van der Waals surface area contributed by atoms with Gasteiger partial charge in [0.1, 0.15) is 5.82 Å². The number of anilines is 3. The van der Waals surface area contributed by atoms with Crippen LogP contribution in [0.3, 0.4) is 0 Å². The first-order valence-corrected chi connectivity index (χ1v) is 8.77. The summed E-state index contributed by atoms with van der Waals surface area (Å²) < 4.78 is 40.0. The van der Waals surface area contributed by atoms with Crippen LogP contribution in [0.25, 0.3) is 17.0 Å². The average Bonchev–Trinajstić information content (AvgIpc) is 3.06. The number of hydrogen-bond donors (Lipinski definition) is 2. The van der Waals surface area contributed by atoms with Crippen molar-refractivity contribution in [3.05, 3.63) is 59.9 Å². The van der Waals surface area contributed by atoms with Crippen molar-refractivity contribution in [2.24, 2.45) is 0 Å². The highest BCUT2D eigenvalue weighted by Crippen LogP contribution is 2.30. The third kappa shape index (κ3) is 3.68. The normalized spacial score (nSPS) is 11.7. The van der Waals surface area contributed by atoms with Gasteiger partial charge in [-0.15, -0.1) is 0 Å². The molecule has 0 saturated carbocycles. The molecule has 2 aromatic carbocycles. The van der Waals surface area contributed by atoms with E-state index < -0.39 is 11.7 Å². The minimum atomic E-state index is -4.40. The van der Waals surface area contributed by atoms with Crippen LogP contribution in [0, 0.1) is 0 Å². The van der Waals surface area contributed by atoms with Crippen molar-refractivity contribution in [1.82, 2.24) is 24.5 Å². The highest BCUT2D eigenvalue weighted by molar-refractivity contribution is 5.77. The molecule has 0 radical (unpaired) electrons. The number of para-hydroxylation sites is 2. The van der Waals surface area contributed by atoms with E-state index in [1.54, 1.807) is 4.57 Å². The molecule has 0 bridgehead atoms. The summed E-state index contributed by atoms with van der Waals surface area (Å²) in [7, 11) is 0. The number of nitrogens with two attached hydrogens (primary N) is 1. The summed E-state index contributed by atoms with van der Waals surface area (Å²) in [6.45, 7) is 1.96. The lowest BCUT2D eigenvalue weighted by Crippen LogP contribution is -2.11. The molecule has 2 aromatic heterocycles. The molecule has 4 aromatic rings. The maximum absolute atomic E-state index is 12.7. The van der Waals surface area contributed by atoms with Gasteiger partial charge in [0.05, 0.1) is 16.6 Å². The number of aryl methyl sites for hydroxylation is 1. The fraction of sp³-hybridized carbons (Fsp3) is 0.158. The Labute approximate surface area is 163 Å². The van der Waals surface area contributed by atoms with Gasteiger partial charge in [-0.05, 0) is 36.4 Å². The largest absolute Gasteiger partial charge is 0.416 e. The number of halogens is 3. The van der Waals surface area contributed by atoms with E-state index in [4.69, 9.17) is 5.73 Å². The van der Waals surface area contributed by atoms with E-state index in [2.05, 4.69) is 25.3 Å². The number of aromatic nitrogens is 5. The number of nitrogen functional groups attached to an aromatic ring is 1. The molecule has 148 valence electrons. The molecule has 0 atom stereocenters. The van der Waals surface area contributed by atoms with Crippen molar-refractivity contribution >= 4 is 28.6 Å². The van der Waals surface area contributed by atoms with E-state index in [-0.39, 0.29) is 17.8 Å². The first-order valence-electron chi connectivity index (χ1n) is 8.77. The van der Waals surface area contributed by atoms with E-state index in [9.17, 15) is 13.2 Å². The highest BCUT2D eigenvalue weighted by atomic mass is 19.4. The number of hydrogen-bond acceptors (Lipinski definition) is 6. The second kappa shape index (κ2) is 7.04. The van der Waals surface area contributed by atoms with Gasteiger partial charge in [0.2, 0.25) is 17.8 Å². The van der Waals surface area contributed by atoms with Gasteiger partial charge in [-0.3, -0.25) is 4.57 Å². The number of imidazole rings is 1. The van der Waals surface area contributed by atoms with Gasteiger partial charge in [-0.1, -0.05) is 19.1 Å². The number of nitrogens with zero attached hydrogens (tertiary/aromatic N) is 5. The summed E-state index contributed by atoms with van der Waals surface area (Å²) in [5.41, 5.74) is 7.11. The van der Waals surface area contributed by atoms with Crippen molar-refractivity contribution in [3.8, 4) is 5.95 Å². The smallest absolute Gasteiger partial charge is 0.368 e. The summed E-state index contributed by atoms with van der Waals surface area (Å²) in [6, 6.07) is 12.1. The van der Waals surface area contributed by atoms with Crippen LogP contribution in [-0.4, -0.2) is 24.5 Å². The molecule has 3 N–H and O–H groups in total. The number of benzene rings is 2. The van der Waals surface area contributed by atoms with Crippen LogP contribution in [0.5, 0.6) is 0 Å². The van der Waals surface area contributed by atoms with Crippen LogP contribution in [-0.2, 0) is 12.6 Å². The molecule has 10 heteroatoms. The molecule has 0 saturated heterocycles. The molecule has 0 unspecified atom stereocenters. The van der Waals surface area contributed by atoms with E-state index in [1.165, 1.54) is 12.1 Å². The second-order valence-corrected chi connectivity index (χ2v) is 6.22. The molecular formula is C19H16F3N7. The van der Waals surface area contributed by atoms with Crippen molar-refractivity contribution in [1.29, 1.82) is 0 Å². The summed E-state index contributed by atoms with van der Waals surface area (Å²) in [4.78, 5) is 17.2. The van der Waals surface area contributed by atoms with E-state index in [0.717, 1.165) is 29.0 Å². The second-order valence-electron chi connectivity index (χ2n) is 6.22. The van der Waals surface area contributed by atoms with Crippen LogP contribution in [0.2, 0.25) is 0 Å². The lowest BCUT2D eigenvalue weighted by molar-refractivity contribution is -0.137. The van der Waals surface area contributed by atoms with Crippen LogP contribution >= 0.6 is 0 Å². The predicted molar refractivity (Wildman–Crippen MR) is 103 cm³/mol. The SMILES string of the molecule is CCc1nc2ccccc2n1-c1nc(N)nc(Nc2ccc(C(F)(F)F)cc2)n1. The minimum absolute atomic E-state index is 0.0238. The molecule has 0 aliphatic rings. The Morgan fingerprint density at radius 3 is 2.38 bits per heavy atom. The quantitative estimate of drug-likeness (QED) is 0.536.